The van der Waals surface area contributed by atoms with Crippen LogP contribution < -0.4 is 0 Å². The highest BCUT2D eigenvalue weighted by Crippen LogP contribution is 2.13. The largest absolute Gasteiger partial charge is 0.361 e. The highest BCUT2D eigenvalue weighted by molar-refractivity contribution is 9.10. The van der Waals surface area contributed by atoms with Gasteiger partial charge in [-0.05, 0) is 36.4 Å². The molecular weight excluding hydrogens is 264 g/mol. The van der Waals surface area contributed by atoms with Crippen LogP contribution in [-0.4, -0.2) is 10.5 Å². The lowest BCUT2D eigenvalue weighted by Gasteiger charge is -1.97. The average Bonchev–Trinajstić information content (AvgIpc) is 2.34. The summed E-state index contributed by atoms with van der Waals surface area (Å²) in [5.74, 6) is 0. The van der Waals surface area contributed by atoms with E-state index in [-0.39, 0.29) is 0 Å². The van der Waals surface area contributed by atoms with Crippen LogP contribution >= 0.6 is 15.9 Å². The first kappa shape index (κ1) is 10.8. The van der Waals surface area contributed by atoms with Gasteiger partial charge in [-0.15, -0.1) is 0 Å². The van der Waals surface area contributed by atoms with Crippen LogP contribution in [0.3, 0.4) is 0 Å². The summed E-state index contributed by atoms with van der Waals surface area (Å²) in [5, 5.41) is 0. The molecule has 2 nitrogen and oxygen atoms in total. The molecule has 0 aliphatic rings. The van der Waals surface area contributed by atoms with E-state index in [4.69, 9.17) is 5.53 Å². The first-order valence-corrected chi connectivity index (χ1v) is 5.64. The predicted molar refractivity (Wildman–Crippen MR) is 67.4 cm³/mol. The Hall–Kier alpha value is -1.70. The molecule has 0 heterocycles. The van der Waals surface area contributed by atoms with E-state index in [9.17, 15) is 0 Å². The van der Waals surface area contributed by atoms with Crippen molar-refractivity contribution >= 4 is 21.6 Å². The maximum absolute atomic E-state index is 9.08. The van der Waals surface area contributed by atoms with Gasteiger partial charge in [0.1, 0.15) is 0 Å². The van der Waals surface area contributed by atoms with Gasteiger partial charge >= 0.3 is 5.71 Å². The van der Waals surface area contributed by atoms with Gasteiger partial charge in [0.25, 0.3) is 0 Å². The summed E-state index contributed by atoms with van der Waals surface area (Å²) in [5.41, 5.74) is 11.4. The summed E-state index contributed by atoms with van der Waals surface area (Å²) in [6.07, 6.45) is 0. The van der Waals surface area contributed by atoms with Crippen molar-refractivity contribution in [3.63, 3.8) is 0 Å². The topological polar surface area (TPSA) is 36.4 Å². The molecule has 0 bridgehead atoms. The summed E-state index contributed by atoms with van der Waals surface area (Å²) >= 11 is 3.37. The summed E-state index contributed by atoms with van der Waals surface area (Å²) in [6, 6.07) is 17.2. The normalized spacial score (nSPS) is 9.56. The van der Waals surface area contributed by atoms with E-state index in [1.165, 1.54) is 0 Å². The fourth-order valence-electron chi connectivity index (χ4n) is 1.49. The molecule has 16 heavy (non-hydrogen) atoms. The van der Waals surface area contributed by atoms with Gasteiger partial charge in [-0.2, -0.15) is 4.79 Å². The van der Waals surface area contributed by atoms with Crippen molar-refractivity contribution in [1.82, 2.24) is 0 Å². The van der Waals surface area contributed by atoms with E-state index >= 15 is 0 Å². The first-order valence-electron chi connectivity index (χ1n) is 4.84. The van der Waals surface area contributed by atoms with Crippen molar-refractivity contribution in [3.8, 4) is 0 Å². The number of hydrogen-bond donors (Lipinski definition) is 0. The fraction of sp³-hybridized carbons (Fsp3) is 0. The molecule has 78 valence electrons. The molecule has 3 heteroatoms. The molecule has 0 saturated heterocycles. The van der Waals surface area contributed by atoms with E-state index in [1.807, 2.05) is 54.6 Å². The van der Waals surface area contributed by atoms with Gasteiger partial charge in [0.05, 0.1) is 11.1 Å². The molecule has 0 spiro atoms. The van der Waals surface area contributed by atoms with Crippen molar-refractivity contribution in [2.75, 3.05) is 0 Å². The second-order valence-corrected chi connectivity index (χ2v) is 4.24. The van der Waals surface area contributed by atoms with Crippen molar-refractivity contribution < 1.29 is 4.79 Å². The van der Waals surface area contributed by atoms with Crippen LogP contribution in [0.15, 0.2) is 59.1 Å². The van der Waals surface area contributed by atoms with Crippen molar-refractivity contribution in [1.29, 1.82) is 0 Å². The van der Waals surface area contributed by atoms with Gasteiger partial charge in [0.15, 0.2) is 0 Å². The molecule has 0 saturated carbocycles. The van der Waals surface area contributed by atoms with Crippen molar-refractivity contribution in [2.45, 2.75) is 0 Å². The summed E-state index contributed by atoms with van der Waals surface area (Å²) < 4.78 is 1.00. The number of benzene rings is 2. The number of nitrogens with zero attached hydrogens (tertiary/aromatic N) is 2. The molecule has 0 N–H and O–H groups in total. The minimum Gasteiger partial charge on any atom is -0.361 e. The molecule has 0 aromatic heterocycles. The number of rotatable bonds is 2. The molecule has 0 aliphatic heterocycles. The van der Waals surface area contributed by atoms with Crippen LogP contribution in [0.25, 0.3) is 5.53 Å². The van der Waals surface area contributed by atoms with Crippen LogP contribution in [0.4, 0.5) is 0 Å². The van der Waals surface area contributed by atoms with Crippen molar-refractivity contribution in [3.05, 3.63) is 75.7 Å². The highest BCUT2D eigenvalue weighted by atomic mass is 79.9. The van der Waals surface area contributed by atoms with Gasteiger partial charge in [-0.1, -0.05) is 34.1 Å². The molecule has 0 amide bonds. The Morgan fingerprint density at radius 3 is 2.00 bits per heavy atom. The number of hydrogen-bond acceptors (Lipinski definition) is 0. The van der Waals surface area contributed by atoms with Crippen LogP contribution in [0.2, 0.25) is 0 Å². The molecular formula is C13H9BrN2. The smallest absolute Gasteiger partial charge is 0.329 e. The van der Waals surface area contributed by atoms with Gasteiger partial charge in [-0.3, -0.25) is 0 Å². The van der Waals surface area contributed by atoms with E-state index < -0.39 is 0 Å². The van der Waals surface area contributed by atoms with E-state index in [2.05, 4.69) is 20.7 Å². The lowest BCUT2D eigenvalue weighted by Crippen LogP contribution is -2.03. The zero-order chi connectivity index (χ0) is 11.4. The van der Waals surface area contributed by atoms with Crippen LogP contribution in [0.1, 0.15) is 11.1 Å². The highest BCUT2D eigenvalue weighted by Gasteiger charge is 2.13. The Kier molecular flexibility index (Phi) is 3.30. The molecule has 0 aliphatic carbocycles. The lowest BCUT2D eigenvalue weighted by atomic mass is 10.0. The van der Waals surface area contributed by atoms with Gasteiger partial charge in [0, 0.05) is 4.47 Å². The third-order valence-corrected chi connectivity index (χ3v) is 2.79. The van der Waals surface area contributed by atoms with E-state index in [1.54, 1.807) is 0 Å². The summed E-state index contributed by atoms with van der Waals surface area (Å²) in [4.78, 5) is 3.36. The Morgan fingerprint density at radius 1 is 0.875 bits per heavy atom. The van der Waals surface area contributed by atoms with Gasteiger partial charge in [0.2, 0.25) is 0 Å². The second-order valence-electron chi connectivity index (χ2n) is 3.32. The first-order chi connectivity index (χ1) is 7.81. The average molecular weight is 273 g/mol. The minimum atomic E-state index is 0.577. The fourth-order valence-corrected chi connectivity index (χ4v) is 1.75. The van der Waals surface area contributed by atoms with Crippen LogP contribution in [0.5, 0.6) is 0 Å². The standard InChI is InChI=1S/C13H9BrN2/c14-12-8-6-11(7-9-12)13(16-15)10-4-2-1-3-5-10/h1-9H. The second kappa shape index (κ2) is 4.88. The Balaban J connectivity index is 2.46. The predicted octanol–water partition coefficient (Wildman–Crippen LogP) is 3.52. The zero-order valence-corrected chi connectivity index (χ0v) is 10.1. The molecule has 0 atom stereocenters. The third-order valence-electron chi connectivity index (χ3n) is 2.26. The molecule has 0 unspecified atom stereocenters. The maximum Gasteiger partial charge on any atom is 0.329 e. The Morgan fingerprint density at radius 2 is 1.44 bits per heavy atom. The van der Waals surface area contributed by atoms with Crippen molar-refractivity contribution in [2.24, 2.45) is 0 Å². The third kappa shape index (κ3) is 2.27. The van der Waals surface area contributed by atoms with E-state index in [0.29, 0.717) is 5.71 Å². The lowest BCUT2D eigenvalue weighted by molar-refractivity contribution is -0.00279. The van der Waals surface area contributed by atoms with E-state index in [0.717, 1.165) is 15.6 Å². The molecule has 0 radical (unpaired) electrons. The Labute approximate surface area is 102 Å². The summed E-state index contributed by atoms with van der Waals surface area (Å²) in [7, 11) is 0. The quantitative estimate of drug-likeness (QED) is 0.456. The van der Waals surface area contributed by atoms with Gasteiger partial charge < -0.3 is 5.53 Å². The monoisotopic (exact) mass is 272 g/mol. The van der Waals surface area contributed by atoms with Gasteiger partial charge in [-0.25, -0.2) is 0 Å². The molecule has 0 fully saturated rings. The maximum atomic E-state index is 9.08. The molecule has 2 aromatic carbocycles. The molecule has 2 rings (SSSR count). The SMILES string of the molecule is [N-]=[N+]=C(c1ccccc1)c1ccc(Br)cc1. The van der Waals surface area contributed by atoms with Crippen LogP contribution in [0, 0.1) is 0 Å². The zero-order valence-electron chi connectivity index (χ0n) is 8.47. The minimum absolute atomic E-state index is 0.577. The Bertz CT molecular complexity index is 526. The number of halogens is 1. The van der Waals surface area contributed by atoms with Crippen LogP contribution in [-0.2, 0) is 0 Å². The summed E-state index contributed by atoms with van der Waals surface area (Å²) in [6.45, 7) is 0. The molecule has 2 aromatic rings.